The fraction of sp³-hybridized carbons (Fsp3) is 1.00. The van der Waals surface area contributed by atoms with Crippen molar-refractivity contribution in [3.05, 3.63) is 0 Å². The van der Waals surface area contributed by atoms with E-state index in [4.69, 9.17) is 9.84 Å². The van der Waals surface area contributed by atoms with Crippen LogP contribution in [0.1, 0.15) is 20.3 Å². The number of ether oxygens (including phenoxy) is 1. The van der Waals surface area contributed by atoms with Crippen LogP contribution in [-0.4, -0.2) is 49.2 Å². The average molecular weight is 218 g/mol. The lowest BCUT2D eigenvalue weighted by Gasteiger charge is -2.21. The Balaban J connectivity index is 3.68. The van der Waals surface area contributed by atoms with Crippen molar-refractivity contribution >= 4 is 25.8 Å². The molecular formula is C8H20B2O3S. The van der Waals surface area contributed by atoms with Crippen LogP contribution in [0.5, 0.6) is 0 Å². The van der Waals surface area contributed by atoms with Gasteiger partial charge in [0.05, 0.1) is 20.4 Å². The van der Waals surface area contributed by atoms with Crippen molar-refractivity contribution in [1.29, 1.82) is 0 Å². The zero-order chi connectivity index (χ0) is 11.0. The molecule has 2 unspecified atom stereocenters. The van der Waals surface area contributed by atoms with Gasteiger partial charge in [0, 0.05) is 5.75 Å². The van der Waals surface area contributed by atoms with E-state index in [0.29, 0.717) is 11.7 Å². The molecule has 14 heavy (non-hydrogen) atoms. The first kappa shape index (κ1) is 14.4. The van der Waals surface area contributed by atoms with E-state index in [9.17, 15) is 5.11 Å². The summed E-state index contributed by atoms with van der Waals surface area (Å²) >= 11 is 1.63. The average Bonchev–Trinajstić information content (AvgIpc) is 2.12. The van der Waals surface area contributed by atoms with Gasteiger partial charge in [-0.1, -0.05) is 13.8 Å². The van der Waals surface area contributed by atoms with E-state index in [2.05, 4.69) is 13.8 Å². The first-order chi connectivity index (χ1) is 6.60. The summed E-state index contributed by atoms with van der Waals surface area (Å²) in [6.07, 6.45) is 0.761. The van der Waals surface area contributed by atoms with E-state index >= 15 is 0 Å². The van der Waals surface area contributed by atoms with Crippen LogP contribution in [0.15, 0.2) is 0 Å². The van der Waals surface area contributed by atoms with Crippen LogP contribution in [0.25, 0.3) is 0 Å². The summed E-state index contributed by atoms with van der Waals surface area (Å²) in [5, 5.41) is 18.4. The Morgan fingerprint density at radius 1 is 1.50 bits per heavy atom. The lowest BCUT2D eigenvalue weighted by molar-refractivity contribution is -0.137. The van der Waals surface area contributed by atoms with Crippen LogP contribution >= 0.6 is 11.6 Å². The Morgan fingerprint density at radius 3 is 2.57 bits per heavy atom. The van der Waals surface area contributed by atoms with Gasteiger partial charge >= 0.3 is 0 Å². The molecule has 0 aromatic carbocycles. The number of aliphatic hydroxyl groups excluding tert-OH is 2. The van der Waals surface area contributed by atoms with Crippen molar-refractivity contribution in [2.24, 2.45) is 5.92 Å². The third-order valence-electron chi connectivity index (χ3n) is 1.75. The Bertz CT molecular complexity index is 138. The molecule has 0 rings (SSSR count). The maximum atomic E-state index is 9.44. The van der Waals surface area contributed by atoms with Crippen LogP contribution in [-0.2, 0) is 4.74 Å². The normalized spacial score (nSPS) is 15.5. The monoisotopic (exact) mass is 218 g/mol. The molecule has 3 nitrogen and oxygen atoms in total. The third-order valence-corrected chi connectivity index (χ3v) is 2.68. The zero-order valence-electron chi connectivity index (χ0n) is 9.27. The molecule has 0 aliphatic carbocycles. The standard InChI is InChI=1S/C8H20B2O3S/c1-6(2)3-7(4-11)13-8(12)5-14-10-9/h6-8,10-12H,3-5,9H2,1-2H3. The molecule has 0 aliphatic heterocycles. The second-order valence-electron chi connectivity index (χ2n) is 3.68. The first-order valence-corrected chi connectivity index (χ1v) is 6.27. The number of aliphatic hydroxyl groups is 2. The van der Waals surface area contributed by atoms with Crippen LogP contribution in [0.4, 0.5) is 0 Å². The molecule has 6 heteroatoms. The van der Waals surface area contributed by atoms with E-state index in [1.165, 1.54) is 0 Å². The van der Waals surface area contributed by atoms with Gasteiger partial charge in [0.2, 0.25) is 0 Å². The van der Waals surface area contributed by atoms with E-state index in [0.717, 1.165) is 12.9 Å². The molecule has 2 N–H and O–H groups in total. The molecule has 82 valence electrons. The highest BCUT2D eigenvalue weighted by Crippen LogP contribution is 2.11. The van der Waals surface area contributed by atoms with Crippen LogP contribution in [0.2, 0.25) is 0 Å². The Labute approximate surface area is 92.1 Å². The molecule has 0 heterocycles. The van der Waals surface area contributed by atoms with E-state index in [-0.39, 0.29) is 12.7 Å². The Kier molecular flexibility index (Phi) is 8.87. The molecule has 0 aromatic rings. The van der Waals surface area contributed by atoms with Gasteiger partial charge in [-0.25, -0.2) is 11.6 Å². The smallest absolute Gasteiger partial charge is 0.163 e. The lowest BCUT2D eigenvalue weighted by atomic mass is 9.79. The van der Waals surface area contributed by atoms with Crippen molar-refractivity contribution < 1.29 is 14.9 Å². The van der Waals surface area contributed by atoms with E-state index < -0.39 is 6.29 Å². The van der Waals surface area contributed by atoms with Crippen LogP contribution < -0.4 is 0 Å². The Hall–Kier alpha value is 0.360. The minimum Gasteiger partial charge on any atom is -0.394 e. The summed E-state index contributed by atoms with van der Waals surface area (Å²) < 4.78 is 5.30. The number of hydrogen-bond donors (Lipinski definition) is 2. The van der Waals surface area contributed by atoms with Gasteiger partial charge in [-0.15, -0.1) is 0 Å². The summed E-state index contributed by atoms with van der Waals surface area (Å²) in [4.78, 5) is 0. The molecule has 0 amide bonds. The largest absolute Gasteiger partial charge is 0.394 e. The highest BCUT2D eigenvalue weighted by molar-refractivity contribution is 8.26. The van der Waals surface area contributed by atoms with Crippen molar-refractivity contribution in [3.8, 4) is 0 Å². The van der Waals surface area contributed by atoms with Gasteiger partial charge in [-0.2, -0.15) is 0 Å². The van der Waals surface area contributed by atoms with Crippen molar-refractivity contribution in [1.82, 2.24) is 0 Å². The van der Waals surface area contributed by atoms with Gasteiger partial charge in [-0.3, -0.25) is 0 Å². The molecule has 2 atom stereocenters. The molecule has 0 bridgehead atoms. The fourth-order valence-corrected chi connectivity index (χ4v) is 1.69. The predicted molar refractivity (Wildman–Crippen MR) is 65.6 cm³/mol. The highest BCUT2D eigenvalue weighted by atomic mass is 32.2. The first-order valence-electron chi connectivity index (χ1n) is 5.12. The predicted octanol–water partition coefficient (Wildman–Crippen LogP) is -0.639. The summed E-state index contributed by atoms with van der Waals surface area (Å²) in [6.45, 7) is 4.12. The lowest BCUT2D eigenvalue weighted by Crippen LogP contribution is -2.28. The van der Waals surface area contributed by atoms with Gasteiger partial charge in [0.1, 0.15) is 0 Å². The Morgan fingerprint density at radius 2 is 2.14 bits per heavy atom. The molecule has 0 fully saturated rings. The molecular weight excluding hydrogens is 198 g/mol. The van der Waals surface area contributed by atoms with Gasteiger partial charge in [0.25, 0.3) is 0 Å². The molecule has 0 aromatic heterocycles. The third kappa shape index (κ3) is 7.73. The molecule has 0 saturated carbocycles. The van der Waals surface area contributed by atoms with Gasteiger partial charge in [0.15, 0.2) is 12.7 Å². The zero-order valence-corrected chi connectivity index (χ0v) is 10.1. The quantitative estimate of drug-likeness (QED) is 0.420. The van der Waals surface area contributed by atoms with E-state index in [1.807, 2.05) is 7.74 Å². The molecule has 0 aliphatic rings. The van der Waals surface area contributed by atoms with Gasteiger partial charge in [-0.05, 0) is 12.3 Å². The maximum absolute atomic E-state index is 9.44. The summed E-state index contributed by atoms with van der Waals surface area (Å²) in [6, 6.07) is 0. The van der Waals surface area contributed by atoms with Crippen molar-refractivity contribution in [2.75, 3.05) is 12.4 Å². The van der Waals surface area contributed by atoms with Crippen molar-refractivity contribution in [2.45, 2.75) is 32.7 Å². The summed E-state index contributed by atoms with van der Waals surface area (Å²) in [7, 11) is 2.04. The fourth-order valence-electron chi connectivity index (χ4n) is 1.18. The highest BCUT2D eigenvalue weighted by Gasteiger charge is 2.14. The molecule has 0 spiro atoms. The second-order valence-corrected chi connectivity index (χ2v) is 5.00. The van der Waals surface area contributed by atoms with Crippen molar-refractivity contribution in [3.63, 3.8) is 0 Å². The van der Waals surface area contributed by atoms with Gasteiger partial charge < -0.3 is 14.9 Å². The van der Waals surface area contributed by atoms with E-state index in [1.54, 1.807) is 11.6 Å². The minimum atomic E-state index is -0.754. The molecule has 0 saturated heterocycles. The summed E-state index contributed by atoms with van der Waals surface area (Å²) in [5.74, 6) is 1.05. The molecule has 0 radical (unpaired) electrons. The topological polar surface area (TPSA) is 49.7 Å². The second kappa shape index (κ2) is 8.65. The SMILES string of the molecule is BBSCC(O)OC(CO)CC(C)C. The van der Waals surface area contributed by atoms with Crippen LogP contribution in [0, 0.1) is 5.92 Å². The summed E-state index contributed by atoms with van der Waals surface area (Å²) in [5.41, 5.74) is 0. The minimum absolute atomic E-state index is 0.0218. The van der Waals surface area contributed by atoms with Crippen LogP contribution in [0.3, 0.4) is 0 Å². The number of rotatable bonds is 8. The number of hydrogen-bond acceptors (Lipinski definition) is 4. The maximum Gasteiger partial charge on any atom is 0.163 e.